The van der Waals surface area contributed by atoms with E-state index >= 15 is 0 Å². The van der Waals surface area contributed by atoms with Crippen LogP contribution in [0.1, 0.15) is 29.8 Å². The minimum Gasteiger partial charge on any atom is -0.389 e. The fourth-order valence-corrected chi connectivity index (χ4v) is 2.82. The Morgan fingerprint density at radius 3 is 2.95 bits per heavy atom. The molecule has 5 nitrogen and oxygen atoms in total. The maximum absolute atomic E-state index is 13.3. The Morgan fingerprint density at radius 2 is 2.24 bits per heavy atom. The van der Waals surface area contributed by atoms with E-state index in [0.29, 0.717) is 17.7 Å². The van der Waals surface area contributed by atoms with Crippen molar-refractivity contribution in [3.05, 3.63) is 51.5 Å². The second-order valence-corrected chi connectivity index (χ2v) is 5.57. The van der Waals surface area contributed by atoms with Crippen LogP contribution in [0.25, 0.3) is 0 Å². The topological polar surface area (TPSA) is 65.8 Å². The molecule has 1 aromatic carbocycles. The van der Waals surface area contributed by atoms with E-state index in [1.807, 2.05) is 0 Å². The Bertz CT molecular complexity index is 765. The molecule has 0 radical (unpaired) electrons. The van der Waals surface area contributed by atoms with E-state index in [1.165, 1.54) is 16.8 Å². The van der Waals surface area contributed by atoms with E-state index in [4.69, 9.17) is 18.0 Å². The van der Waals surface area contributed by atoms with Gasteiger partial charge in [0.15, 0.2) is 0 Å². The number of nitrogens with two attached hydrogens (primary N) is 1. The fraction of sp³-hybridized carbons (Fsp3) is 0.357. The number of aryl methyl sites for hydroxylation is 1. The Balaban J connectivity index is 2.00. The van der Waals surface area contributed by atoms with Gasteiger partial charge in [0.05, 0.1) is 6.54 Å². The van der Waals surface area contributed by atoms with Gasteiger partial charge in [0.1, 0.15) is 16.6 Å². The van der Waals surface area contributed by atoms with Crippen molar-refractivity contribution in [2.45, 2.75) is 32.4 Å². The molecular formula is C14H15FN4OS. The third-order valence-corrected chi connectivity index (χ3v) is 3.91. The molecule has 1 aliphatic rings. The standard InChI is InChI=1S/C14H15FN4OS/c15-10-5-4-9(11(7-10)13(16)21)8-19-14(20)18-6-2-1-3-12(18)17-19/h4-5,7H,1-3,6,8H2,(H2,16,21). The molecule has 3 rings (SSSR count). The highest BCUT2D eigenvalue weighted by molar-refractivity contribution is 7.80. The second kappa shape index (κ2) is 5.40. The summed E-state index contributed by atoms with van der Waals surface area (Å²) in [6, 6.07) is 4.21. The van der Waals surface area contributed by atoms with Gasteiger partial charge in [-0.05, 0) is 30.5 Å². The minimum absolute atomic E-state index is 0.113. The van der Waals surface area contributed by atoms with Crippen LogP contribution in [-0.2, 0) is 19.5 Å². The molecule has 21 heavy (non-hydrogen) atoms. The molecule has 1 aliphatic heterocycles. The highest BCUT2D eigenvalue weighted by Crippen LogP contribution is 2.14. The predicted molar refractivity (Wildman–Crippen MR) is 80.8 cm³/mol. The zero-order valence-electron chi connectivity index (χ0n) is 11.4. The van der Waals surface area contributed by atoms with Crippen LogP contribution in [0.2, 0.25) is 0 Å². The first-order valence-electron chi connectivity index (χ1n) is 6.81. The van der Waals surface area contributed by atoms with Gasteiger partial charge in [-0.3, -0.25) is 4.57 Å². The average molecular weight is 306 g/mol. The Hall–Kier alpha value is -2.02. The monoisotopic (exact) mass is 306 g/mol. The SMILES string of the molecule is NC(=S)c1cc(F)ccc1Cn1nc2n(c1=O)CCCC2. The van der Waals surface area contributed by atoms with Crippen LogP contribution in [0.15, 0.2) is 23.0 Å². The van der Waals surface area contributed by atoms with Crippen molar-refractivity contribution in [3.63, 3.8) is 0 Å². The number of halogens is 1. The quantitative estimate of drug-likeness (QED) is 0.866. The minimum atomic E-state index is -0.405. The molecular weight excluding hydrogens is 291 g/mol. The van der Waals surface area contributed by atoms with Crippen LogP contribution >= 0.6 is 12.2 Å². The van der Waals surface area contributed by atoms with Crippen molar-refractivity contribution in [1.82, 2.24) is 14.3 Å². The molecule has 2 N–H and O–H groups in total. The third-order valence-electron chi connectivity index (χ3n) is 3.69. The predicted octanol–water partition coefficient (Wildman–Crippen LogP) is 1.20. The molecule has 2 aromatic rings. The van der Waals surface area contributed by atoms with Crippen LogP contribution < -0.4 is 11.4 Å². The summed E-state index contributed by atoms with van der Waals surface area (Å²) in [6.07, 6.45) is 2.85. The van der Waals surface area contributed by atoms with Crippen molar-refractivity contribution in [2.75, 3.05) is 0 Å². The van der Waals surface area contributed by atoms with E-state index in [9.17, 15) is 9.18 Å². The lowest BCUT2D eigenvalue weighted by atomic mass is 10.1. The number of hydrogen-bond acceptors (Lipinski definition) is 3. The molecule has 0 fully saturated rings. The summed E-state index contributed by atoms with van der Waals surface area (Å²) in [6.45, 7) is 0.950. The summed E-state index contributed by atoms with van der Waals surface area (Å²) in [7, 11) is 0. The van der Waals surface area contributed by atoms with Gasteiger partial charge in [-0.15, -0.1) is 0 Å². The average Bonchev–Trinajstić information content (AvgIpc) is 2.78. The van der Waals surface area contributed by atoms with E-state index in [-0.39, 0.29) is 17.2 Å². The molecule has 2 heterocycles. The molecule has 0 saturated heterocycles. The summed E-state index contributed by atoms with van der Waals surface area (Å²) in [4.78, 5) is 12.4. The van der Waals surface area contributed by atoms with Crippen LogP contribution in [-0.4, -0.2) is 19.3 Å². The summed E-state index contributed by atoms with van der Waals surface area (Å²) in [5.41, 5.74) is 6.63. The van der Waals surface area contributed by atoms with Crippen LogP contribution in [0.4, 0.5) is 4.39 Å². The lowest BCUT2D eigenvalue weighted by molar-refractivity contribution is 0.511. The van der Waals surface area contributed by atoms with E-state index in [0.717, 1.165) is 25.1 Å². The maximum atomic E-state index is 13.3. The summed E-state index contributed by atoms with van der Waals surface area (Å²) in [5, 5.41) is 4.36. The smallest absolute Gasteiger partial charge is 0.346 e. The Kier molecular flexibility index (Phi) is 3.59. The number of nitrogens with zero attached hydrogens (tertiary/aromatic N) is 3. The van der Waals surface area contributed by atoms with Gasteiger partial charge >= 0.3 is 5.69 Å². The summed E-state index contributed by atoms with van der Waals surface area (Å²) >= 11 is 4.94. The van der Waals surface area contributed by atoms with Crippen molar-refractivity contribution in [2.24, 2.45) is 5.73 Å². The highest BCUT2D eigenvalue weighted by atomic mass is 32.1. The van der Waals surface area contributed by atoms with Crippen molar-refractivity contribution in [3.8, 4) is 0 Å². The van der Waals surface area contributed by atoms with Crippen LogP contribution in [0, 0.1) is 5.82 Å². The largest absolute Gasteiger partial charge is 0.389 e. The second-order valence-electron chi connectivity index (χ2n) is 5.13. The Morgan fingerprint density at radius 1 is 1.43 bits per heavy atom. The number of aromatic nitrogens is 3. The zero-order valence-corrected chi connectivity index (χ0v) is 12.2. The zero-order chi connectivity index (χ0) is 15.0. The van der Waals surface area contributed by atoms with E-state index < -0.39 is 5.82 Å². The molecule has 0 aliphatic carbocycles. The molecule has 0 saturated carbocycles. The number of rotatable bonds is 3. The maximum Gasteiger partial charge on any atom is 0.346 e. The Labute approximate surface area is 126 Å². The number of fused-ring (bicyclic) bond motifs is 1. The molecule has 110 valence electrons. The molecule has 0 amide bonds. The first-order chi connectivity index (χ1) is 10.1. The summed E-state index contributed by atoms with van der Waals surface area (Å²) < 4.78 is 16.4. The normalized spacial score (nSPS) is 14.0. The number of thiocarbonyl (C=S) groups is 1. The van der Waals surface area contributed by atoms with Gasteiger partial charge in [0.2, 0.25) is 0 Å². The lowest BCUT2D eigenvalue weighted by Gasteiger charge is -2.09. The molecule has 7 heteroatoms. The van der Waals surface area contributed by atoms with Gasteiger partial charge in [0, 0.05) is 18.5 Å². The van der Waals surface area contributed by atoms with Gasteiger partial charge in [0.25, 0.3) is 0 Å². The third kappa shape index (κ3) is 2.61. The van der Waals surface area contributed by atoms with Crippen LogP contribution in [0.3, 0.4) is 0 Å². The van der Waals surface area contributed by atoms with Crippen molar-refractivity contribution < 1.29 is 4.39 Å². The van der Waals surface area contributed by atoms with Gasteiger partial charge in [-0.1, -0.05) is 18.3 Å². The lowest BCUT2D eigenvalue weighted by Crippen LogP contribution is -2.28. The van der Waals surface area contributed by atoms with E-state index in [2.05, 4.69) is 5.10 Å². The van der Waals surface area contributed by atoms with Gasteiger partial charge in [-0.2, -0.15) is 5.10 Å². The van der Waals surface area contributed by atoms with E-state index in [1.54, 1.807) is 10.6 Å². The number of benzene rings is 1. The summed E-state index contributed by atoms with van der Waals surface area (Å²) in [5.74, 6) is 0.406. The van der Waals surface area contributed by atoms with Gasteiger partial charge < -0.3 is 5.73 Å². The molecule has 0 atom stereocenters. The van der Waals surface area contributed by atoms with Gasteiger partial charge in [-0.25, -0.2) is 13.9 Å². The molecule has 0 unspecified atom stereocenters. The molecule has 1 aromatic heterocycles. The van der Waals surface area contributed by atoms with Crippen molar-refractivity contribution >= 4 is 17.2 Å². The first kappa shape index (κ1) is 13.9. The first-order valence-corrected chi connectivity index (χ1v) is 7.22. The molecule has 0 spiro atoms. The number of hydrogen-bond donors (Lipinski definition) is 1. The fourth-order valence-electron chi connectivity index (χ4n) is 2.63. The molecule has 0 bridgehead atoms. The van der Waals surface area contributed by atoms with Crippen molar-refractivity contribution in [1.29, 1.82) is 0 Å². The van der Waals surface area contributed by atoms with Crippen LogP contribution in [0.5, 0.6) is 0 Å². The highest BCUT2D eigenvalue weighted by Gasteiger charge is 2.17.